The Labute approximate surface area is 145 Å². The van der Waals surface area contributed by atoms with E-state index in [4.69, 9.17) is 0 Å². The molecule has 2 saturated heterocycles. The standard InChI is InChI=1S/C17H21N3O3S/c21-15-4-5-16(22)20(15)11-17(23)19-9-6-13(7-10-19)12-24-14-3-1-2-8-18-14/h1-3,8,13H,4-7,9-12H2. The maximum atomic E-state index is 12.3. The molecule has 24 heavy (non-hydrogen) atoms. The van der Waals surface area contributed by atoms with Crippen molar-refractivity contribution in [3.8, 4) is 0 Å². The van der Waals surface area contributed by atoms with Crippen LogP contribution in [0, 0.1) is 5.92 Å². The summed E-state index contributed by atoms with van der Waals surface area (Å²) in [6, 6.07) is 5.90. The number of hydrogen-bond acceptors (Lipinski definition) is 5. The SMILES string of the molecule is O=C(CN1C(=O)CCC1=O)N1CCC(CSc2ccccn2)CC1. The summed E-state index contributed by atoms with van der Waals surface area (Å²) in [7, 11) is 0. The molecule has 0 bridgehead atoms. The summed E-state index contributed by atoms with van der Waals surface area (Å²) >= 11 is 1.75. The Kier molecular flexibility index (Phi) is 5.50. The van der Waals surface area contributed by atoms with Crippen LogP contribution in [0.3, 0.4) is 0 Å². The monoisotopic (exact) mass is 347 g/mol. The molecular formula is C17H21N3O3S. The molecule has 0 aromatic carbocycles. The van der Waals surface area contributed by atoms with E-state index in [-0.39, 0.29) is 37.1 Å². The summed E-state index contributed by atoms with van der Waals surface area (Å²) in [6.45, 7) is 1.30. The first-order valence-corrected chi connectivity index (χ1v) is 9.27. The highest BCUT2D eigenvalue weighted by molar-refractivity contribution is 7.99. The number of piperidine rings is 1. The van der Waals surface area contributed by atoms with Crippen molar-refractivity contribution in [3.63, 3.8) is 0 Å². The lowest BCUT2D eigenvalue weighted by Gasteiger charge is -2.32. The Hall–Kier alpha value is -1.89. The molecular weight excluding hydrogens is 326 g/mol. The highest BCUT2D eigenvalue weighted by atomic mass is 32.2. The maximum absolute atomic E-state index is 12.3. The van der Waals surface area contributed by atoms with Crippen molar-refractivity contribution in [2.24, 2.45) is 5.92 Å². The van der Waals surface area contributed by atoms with Gasteiger partial charge in [-0.3, -0.25) is 19.3 Å². The van der Waals surface area contributed by atoms with Crippen molar-refractivity contribution in [1.29, 1.82) is 0 Å². The normalized spacial score (nSPS) is 19.2. The number of amides is 3. The quantitative estimate of drug-likeness (QED) is 0.597. The first kappa shape index (κ1) is 17.0. The van der Waals surface area contributed by atoms with Gasteiger partial charge >= 0.3 is 0 Å². The van der Waals surface area contributed by atoms with E-state index in [1.165, 1.54) is 0 Å². The van der Waals surface area contributed by atoms with Gasteiger partial charge in [0.1, 0.15) is 6.54 Å². The summed E-state index contributed by atoms with van der Waals surface area (Å²) in [5.41, 5.74) is 0. The fourth-order valence-corrected chi connectivity index (χ4v) is 4.07. The van der Waals surface area contributed by atoms with Gasteiger partial charge in [0.2, 0.25) is 17.7 Å². The number of carbonyl (C=O) groups excluding carboxylic acids is 3. The number of hydrogen-bond donors (Lipinski definition) is 0. The van der Waals surface area contributed by atoms with Crippen LogP contribution >= 0.6 is 11.8 Å². The minimum atomic E-state index is -0.227. The smallest absolute Gasteiger partial charge is 0.242 e. The van der Waals surface area contributed by atoms with Gasteiger partial charge in [-0.1, -0.05) is 6.07 Å². The molecule has 0 saturated carbocycles. The summed E-state index contributed by atoms with van der Waals surface area (Å²) in [6.07, 6.45) is 4.17. The van der Waals surface area contributed by atoms with Gasteiger partial charge in [-0.05, 0) is 30.9 Å². The maximum Gasteiger partial charge on any atom is 0.242 e. The molecule has 3 heterocycles. The van der Waals surface area contributed by atoms with E-state index in [0.717, 1.165) is 28.5 Å². The number of rotatable bonds is 5. The molecule has 6 nitrogen and oxygen atoms in total. The van der Waals surface area contributed by atoms with Crippen LogP contribution in [0.15, 0.2) is 29.4 Å². The number of aromatic nitrogens is 1. The Balaban J connectivity index is 1.42. The topological polar surface area (TPSA) is 70.6 Å². The fourth-order valence-electron chi connectivity index (χ4n) is 3.02. The number of thioether (sulfide) groups is 1. The molecule has 3 rings (SSSR count). The van der Waals surface area contributed by atoms with Gasteiger partial charge < -0.3 is 4.90 Å². The van der Waals surface area contributed by atoms with Gasteiger partial charge in [0, 0.05) is 37.9 Å². The number of carbonyl (C=O) groups is 3. The van der Waals surface area contributed by atoms with Crippen LogP contribution in [-0.4, -0.2) is 57.9 Å². The first-order valence-electron chi connectivity index (χ1n) is 8.28. The molecule has 2 aliphatic rings. The average Bonchev–Trinajstić information content (AvgIpc) is 2.93. The summed E-state index contributed by atoms with van der Waals surface area (Å²) in [4.78, 5) is 42.7. The van der Waals surface area contributed by atoms with Gasteiger partial charge in [-0.25, -0.2) is 4.98 Å². The van der Waals surface area contributed by atoms with E-state index in [2.05, 4.69) is 4.98 Å². The van der Waals surface area contributed by atoms with E-state index in [0.29, 0.717) is 19.0 Å². The zero-order chi connectivity index (χ0) is 16.9. The van der Waals surface area contributed by atoms with Crippen molar-refractivity contribution in [2.45, 2.75) is 30.7 Å². The molecule has 7 heteroatoms. The molecule has 1 aromatic rings. The van der Waals surface area contributed by atoms with Crippen molar-refractivity contribution >= 4 is 29.5 Å². The number of nitrogens with zero attached hydrogens (tertiary/aromatic N) is 3. The highest BCUT2D eigenvalue weighted by Gasteiger charge is 2.32. The van der Waals surface area contributed by atoms with Crippen LogP contribution in [0.25, 0.3) is 0 Å². The second kappa shape index (κ2) is 7.79. The zero-order valence-corrected chi connectivity index (χ0v) is 14.3. The van der Waals surface area contributed by atoms with Crippen molar-refractivity contribution in [2.75, 3.05) is 25.4 Å². The van der Waals surface area contributed by atoms with Crippen molar-refractivity contribution in [3.05, 3.63) is 24.4 Å². The predicted octanol–water partition coefficient (Wildman–Crippen LogP) is 1.56. The molecule has 0 aliphatic carbocycles. The molecule has 0 N–H and O–H groups in total. The molecule has 3 amide bonds. The lowest BCUT2D eigenvalue weighted by molar-refractivity contribution is -0.146. The number of imide groups is 1. The van der Waals surface area contributed by atoms with Crippen molar-refractivity contribution < 1.29 is 14.4 Å². The van der Waals surface area contributed by atoms with Crippen LogP contribution in [-0.2, 0) is 14.4 Å². The predicted molar refractivity (Wildman–Crippen MR) is 90.2 cm³/mol. The van der Waals surface area contributed by atoms with Crippen LogP contribution in [0.4, 0.5) is 0 Å². The number of likely N-dealkylation sites (tertiary alicyclic amines) is 2. The lowest BCUT2D eigenvalue weighted by atomic mass is 9.99. The minimum absolute atomic E-state index is 0.0922. The lowest BCUT2D eigenvalue weighted by Crippen LogP contribution is -2.45. The third kappa shape index (κ3) is 4.14. The molecule has 1 aromatic heterocycles. The van der Waals surface area contributed by atoms with E-state index in [1.54, 1.807) is 22.9 Å². The minimum Gasteiger partial charge on any atom is -0.341 e. The zero-order valence-electron chi connectivity index (χ0n) is 13.5. The van der Waals surface area contributed by atoms with Gasteiger partial charge in [-0.15, -0.1) is 11.8 Å². The summed E-state index contributed by atoms with van der Waals surface area (Å²) in [5, 5.41) is 1.03. The molecule has 0 unspecified atom stereocenters. The highest BCUT2D eigenvalue weighted by Crippen LogP contribution is 2.25. The third-order valence-corrected chi connectivity index (χ3v) is 5.70. The molecule has 0 atom stereocenters. The van der Waals surface area contributed by atoms with Crippen LogP contribution in [0.5, 0.6) is 0 Å². The van der Waals surface area contributed by atoms with E-state index < -0.39 is 0 Å². The Morgan fingerprint density at radius 1 is 1.17 bits per heavy atom. The molecule has 0 spiro atoms. The fraction of sp³-hybridized carbons (Fsp3) is 0.529. The summed E-state index contributed by atoms with van der Waals surface area (Å²) in [5.74, 6) is 0.998. The molecule has 128 valence electrons. The van der Waals surface area contributed by atoms with E-state index >= 15 is 0 Å². The Morgan fingerprint density at radius 3 is 2.50 bits per heavy atom. The first-order chi connectivity index (χ1) is 11.6. The Bertz CT molecular complexity index is 599. The summed E-state index contributed by atoms with van der Waals surface area (Å²) < 4.78 is 0. The largest absolute Gasteiger partial charge is 0.341 e. The average molecular weight is 347 g/mol. The second-order valence-electron chi connectivity index (χ2n) is 6.18. The van der Waals surface area contributed by atoms with Gasteiger partial charge in [0.05, 0.1) is 5.03 Å². The number of pyridine rings is 1. The molecule has 2 aliphatic heterocycles. The van der Waals surface area contributed by atoms with E-state index in [1.807, 2.05) is 18.2 Å². The van der Waals surface area contributed by atoms with Crippen LogP contribution in [0.1, 0.15) is 25.7 Å². The van der Waals surface area contributed by atoms with Gasteiger partial charge in [0.25, 0.3) is 0 Å². The Morgan fingerprint density at radius 2 is 1.88 bits per heavy atom. The van der Waals surface area contributed by atoms with Crippen molar-refractivity contribution in [1.82, 2.24) is 14.8 Å². The van der Waals surface area contributed by atoms with Gasteiger partial charge in [-0.2, -0.15) is 0 Å². The molecule has 2 fully saturated rings. The molecule has 0 radical (unpaired) electrons. The van der Waals surface area contributed by atoms with E-state index in [9.17, 15) is 14.4 Å². The van der Waals surface area contributed by atoms with Crippen LogP contribution in [0.2, 0.25) is 0 Å². The third-order valence-electron chi connectivity index (χ3n) is 4.52. The second-order valence-corrected chi connectivity index (χ2v) is 7.22. The van der Waals surface area contributed by atoms with Gasteiger partial charge in [0.15, 0.2) is 0 Å². The van der Waals surface area contributed by atoms with Crippen LogP contribution < -0.4 is 0 Å².